The van der Waals surface area contributed by atoms with E-state index in [4.69, 9.17) is 0 Å². The summed E-state index contributed by atoms with van der Waals surface area (Å²) in [5, 5.41) is 7.45. The average molecular weight is 415 g/mol. The lowest BCUT2D eigenvalue weighted by Gasteiger charge is -2.14. The minimum Gasteiger partial charge on any atom is -0.378 e. The van der Waals surface area contributed by atoms with Gasteiger partial charge in [0.2, 0.25) is 0 Å². The summed E-state index contributed by atoms with van der Waals surface area (Å²) in [4.78, 5) is 6.39. The number of hydrogen-bond acceptors (Lipinski definition) is 6. The first-order chi connectivity index (χ1) is 13.7. The molecule has 154 valence electrons. The van der Waals surface area contributed by atoms with Crippen molar-refractivity contribution in [3.05, 3.63) is 59.5 Å². The molecule has 0 saturated carbocycles. The number of anilines is 3. The molecule has 9 heteroatoms. The highest BCUT2D eigenvalue weighted by molar-refractivity contribution is 7.92. The first kappa shape index (κ1) is 20.7. The van der Waals surface area contributed by atoms with Crippen LogP contribution in [0.5, 0.6) is 0 Å². The lowest BCUT2D eigenvalue weighted by atomic mass is 10.2. The maximum absolute atomic E-state index is 12.7. The van der Waals surface area contributed by atoms with E-state index in [1.807, 2.05) is 44.1 Å². The summed E-state index contributed by atoms with van der Waals surface area (Å²) in [5.41, 5.74) is 4.09. The van der Waals surface area contributed by atoms with Gasteiger partial charge in [-0.15, -0.1) is 0 Å². The van der Waals surface area contributed by atoms with E-state index in [9.17, 15) is 8.42 Å². The molecule has 0 bridgehead atoms. The normalized spacial score (nSPS) is 11.3. The molecule has 0 atom stereocenters. The Kier molecular flexibility index (Phi) is 5.78. The molecule has 3 rings (SSSR count). The first-order valence-corrected chi connectivity index (χ1v) is 10.6. The monoisotopic (exact) mass is 414 g/mol. The van der Waals surface area contributed by atoms with Crippen molar-refractivity contribution >= 4 is 27.2 Å². The zero-order chi connectivity index (χ0) is 21.2. The summed E-state index contributed by atoms with van der Waals surface area (Å²) < 4.78 is 29.6. The average Bonchev–Trinajstić information content (AvgIpc) is 2.92. The summed E-state index contributed by atoms with van der Waals surface area (Å²) >= 11 is 0. The van der Waals surface area contributed by atoms with E-state index in [1.54, 1.807) is 24.7 Å². The predicted molar refractivity (Wildman–Crippen MR) is 116 cm³/mol. The first-order valence-electron chi connectivity index (χ1n) is 9.16. The number of benzene rings is 1. The van der Waals surface area contributed by atoms with Crippen molar-refractivity contribution in [1.29, 1.82) is 0 Å². The van der Waals surface area contributed by atoms with E-state index in [1.165, 1.54) is 12.3 Å². The summed E-state index contributed by atoms with van der Waals surface area (Å²) in [7, 11) is 2.02. The molecule has 0 aliphatic rings. The lowest BCUT2D eigenvalue weighted by molar-refractivity contribution is 0.600. The van der Waals surface area contributed by atoms with E-state index in [0.717, 1.165) is 16.9 Å². The maximum Gasteiger partial charge on any atom is 0.263 e. The van der Waals surface area contributed by atoms with Gasteiger partial charge in [-0.05, 0) is 43.7 Å². The van der Waals surface area contributed by atoms with E-state index >= 15 is 0 Å². The van der Waals surface area contributed by atoms with Crippen molar-refractivity contribution in [2.75, 3.05) is 29.0 Å². The van der Waals surface area contributed by atoms with Gasteiger partial charge in [-0.25, -0.2) is 13.4 Å². The van der Waals surface area contributed by atoms with Crippen LogP contribution in [0.4, 0.5) is 17.2 Å². The van der Waals surface area contributed by atoms with E-state index in [-0.39, 0.29) is 4.90 Å². The number of sulfonamides is 1. The molecule has 2 heterocycles. The number of nitrogens with one attached hydrogen (secondary N) is 2. The molecular formula is C20H26N6O2S. The van der Waals surface area contributed by atoms with Crippen molar-refractivity contribution in [2.45, 2.75) is 25.3 Å². The highest BCUT2D eigenvalue weighted by Gasteiger charge is 2.19. The molecular weight excluding hydrogens is 388 g/mol. The summed E-state index contributed by atoms with van der Waals surface area (Å²) in [6.45, 7) is 4.17. The van der Waals surface area contributed by atoms with Crippen LogP contribution in [0.1, 0.15) is 17.0 Å². The molecule has 0 aliphatic carbocycles. The summed E-state index contributed by atoms with van der Waals surface area (Å²) in [6.07, 6.45) is 1.35. The molecule has 1 aromatic carbocycles. The zero-order valence-corrected chi connectivity index (χ0v) is 18.1. The topological polar surface area (TPSA) is 92.1 Å². The number of aryl methyl sites for hydroxylation is 2. The number of rotatable bonds is 7. The molecule has 29 heavy (non-hydrogen) atoms. The number of nitrogens with zero attached hydrogens (tertiary/aromatic N) is 4. The van der Waals surface area contributed by atoms with Crippen LogP contribution in [0.25, 0.3) is 0 Å². The highest BCUT2D eigenvalue weighted by atomic mass is 32.2. The van der Waals surface area contributed by atoms with Crippen molar-refractivity contribution in [2.24, 2.45) is 7.05 Å². The third kappa shape index (κ3) is 4.68. The van der Waals surface area contributed by atoms with Crippen LogP contribution in [0, 0.1) is 13.8 Å². The van der Waals surface area contributed by atoms with E-state index in [0.29, 0.717) is 23.7 Å². The Morgan fingerprint density at radius 3 is 2.48 bits per heavy atom. The third-order valence-corrected chi connectivity index (χ3v) is 6.03. The smallest absolute Gasteiger partial charge is 0.263 e. The van der Waals surface area contributed by atoms with E-state index in [2.05, 4.69) is 26.2 Å². The Morgan fingerprint density at radius 1 is 1.14 bits per heavy atom. The van der Waals surface area contributed by atoms with Gasteiger partial charge in [0.1, 0.15) is 10.7 Å². The molecule has 2 N–H and O–H groups in total. The van der Waals surface area contributed by atoms with Gasteiger partial charge in [0.25, 0.3) is 10.0 Å². The second-order valence-electron chi connectivity index (χ2n) is 7.07. The molecule has 0 spiro atoms. The molecule has 2 aromatic heterocycles. The van der Waals surface area contributed by atoms with E-state index < -0.39 is 10.0 Å². The van der Waals surface area contributed by atoms with Crippen molar-refractivity contribution in [1.82, 2.24) is 14.8 Å². The molecule has 0 unspecified atom stereocenters. The quantitative estimate of drug-likeness (QED) is 0.618. The minimum atomic E-state index is -3.74. The van der Waals surface area contributed by atoms with Crippen LogP contribution >= 0.6 is 0 Å². The standard InChI is InChI=1S/C20H26N6O2S/c1-14-20(15(2)26(5)23-14)24-29(27,28)18-9-10-19(22-13-18)21-12-16-7-6-8-17(11-16)25(3)4/h6-11,13,24H,12H2,1-5H3,(H,21,22). The van der Waals surface area contributed by atoms with Crippen LogP contribution in [0.15, 0.2) is 47.5 Å². The Labute approximate surface area is 171 Å². The summed E-state index contributed by atoms with van der Waals surface area (Å²) in [5.74, 6) is 0.605. The zero-order valence-electron chi connectivity index (χ0n) is 17.3. The van der Waals surface area contributed by atoms with Gasteiger partial charge in [0.15, 0.2) is 0 Å². The largest absolute Gasteiger partial charge is 0.378 e. The summed E-state index contributed by atoms with van der Waals surface area (Å²) in [6, 6.07) is 11.4. The predicted octanol–water partition coefficient (Wildman–Crippen LogP) is 2.91. The SMILES string of the molecule is Cc1nn(C)c(C)c1NS(=O)(=O)c1ccc(NCc2cccc(N(C)C)c2)nc1. The van der Waals surface area contributed by atoms with Gasteiger partial charge in [-0.2, -0.15) is 5.10 Å². The molecule has 0 fully saturated rings. The molecule has 8 nitrogen and oxygen atoms in total. The van der Waals surface area contributed by atoms with Crippen molar-refractivity contribution in [3.63, 3.8) is 0 Å². The number of pyridine rings is 1. The minimum absolute atomic E-state index is 0.0975. The second-order valence-corrected chi connectivity index (χ2v) is 8.75. The molecule has 0 radical (unpaired) electrons. The van der Waals surface area contributed by atoms with Gasteiger partial charge in [0.05, 0.1) is 17.1 Å². The van der Waals surface area contributed by atoms with Gasteiger partial charge in [-0.3, -0.25) is 9.40 Å². The molecule has 0 amide bonds. The van der Waals surface area contributed by atoms with Crippen LogP contribution in [0.3, 0.4) is 0 Å². The Balaban J connectivity index is 1.70. The van der Waals surface area contributed by atoms with Gasteiger partial charge < -0.3 is 10.2 Å². The van der Waals surface area contributed by atoms with Crippen LogP contribution in [-0.2, 0) is 23.6 Å². The third-order valence-electron chi connectivity index (χ3n) is 4.69. The second kappa shape index (κ2) is 8.12. The maximum atomic E-state index is 12.7. The van der Waals surface area contributed by atoms with Crippen LogP contribution in [0.2, 0.25) is 0 Å². The molecule has 3 aromatic rings. The Hall–Kier alpha value is -3.07. The van der Waals surface area contributed by atoms with Gasteiger partial charge >= 0.3 is 0 Å². The molecule has 0 aliphatic heterocycles. The van der Waals surface area contributed by atoms with Crippen molar-refractivity contribution in [3.8, 4) is 0 Å². The van der Waals surface area contributed by atoms with Crippen molar-refractivity contribution < 1.29 is 8.42 Å². The van der Waals surface area contributed by atoms with Gasteiger partial charge in [0, 0.05) is 39.6 Å². The Bertz CT molecular complexity index is 1100. The number of aromatic nitrogens is 3. The van der Waals surface area contributed by atoms with Gasteiger partial charge in [-0.1, -0.05) is 12.1 Å². The number of hydrogen-bond donors (Lipinski definition) is 2. The highest BCUT2D eigenvalue weighted by Crippen LogP contribution is 2.23. The fraction of sp³-hybridized carbons (Fsp3) is 0.300. The van der Waals surface area contributed by atoms with Crippen LogP contribution < -0.4 is 14.9 Å². The van der Waals surface area contributed by atoms with Crippen LogP contribution in [-0.4, -0.2) is 37.3 Å². The lowest BCUT2D eigenvalue weighted by Crippen LogP contribution is -2.14. The molecule has 0 saturated heterocycles. The Morgan fingerprint density at radius 2 is 1.90 bits per heavy atom. The fourth-order valence-electron chi connectivity index (χ4n) is 2.90. The fourth-order valence-corrected chi connectivity index (χ4v) is 4.02.